The Bertz CT molecular complexity index is 987. The maximum atomic E-state index is 12.4. The van der Waals surface area contributed by atoms with E-state index in [2.05, 4.69) is 10.0 Å². The summed E-state index contributed by atoms with van der Waals surface area (Å²) in [5.41, 5.74) is 0.947. The molecule has 150 valence electrons. The molecule has 2 aromatic carbocycles. The molecule has 0 unspecified atom stereocenters. The van der Waals surface area contributed by atoms with Gasteiger partial charge in [-0.15, -0.1) is 0 Å². The minimum atomic E-state index is -3.63. The summed E-state index contributed by atoms with van der Waals surface area (Å²) in [6, 6.07) is 9.94. The normalized spacial score (nSPS) is 11.4. The summed E-state index contributed by atoms with van der Waals surface area (Å²) in [6.07, 6.45) is 0. The summed E-state index contributed by atoms with van der Waals surface area (Å²) in [5.74, 6) is -0.723. The third kappa shape index (κ3) is 5.31. The number of hydrogen-bond donors (Lipinski definition) is 2. The number of sulfonamides is 1. The zero-order valence-corrected chi connectivity index (χ0v) is 17.6. The minimum absolute atomic E-state index is 0.0723. The Balaban J connectivity index is 2.20. The van der Waals surface area contributed by atoms with E-state index < -0.39 is 15.9 Å². The van der Waals surface area contributed by atoms with Crippen molar-refractivity contribution in [2.45, 2.75) is 24.8 Å². The van der Waals surface area contributed by atoms with Crippen LogP contribution in [-0.2, 0) is 10.0 Å². The largest absolute Gasteiger partial charge is 0.345 e. The lowest BCUT2D eigenvalue weighted by molar-refractivity contribution is 0.0827. The molecule has 0 bridgehead atoms. The Hall–Kier alpha value is -2.42. The van der Waals surface area contributed by atoms with Gasteiger partial charge < -0.3 is 10.2 Å². The van der Waals surface area contributed by atoms with Crippen LogP contribution < -0.4 is 10.0 Å². The van der Waals surface area contributed by atoms with Crippen LogP contribution in [0.3, 0.4) is 0 Å². The number of carbonyl (C=O) groups excluding carboxylic acids is 2. The number of nitrogens with zero attached hydrogens (tertiary/aromatic N) is 1. The second-order valence-corrected chi connectivity index (χ2v) is 8.77. The van der Waals surface area contributed by atoms with Crippen molar-refractivity contribution in [3.8, 4) is 0 Å². The molecule has 0 aliphatic heterocycles. The average Bonchev–Trinajstić information content (AvgIpc) is 2.61. The Kier molecular flexibility index (Phi) is 6.82. The first-order valence-corrected chi connectivity index (χ1v) is 10.3. The van der Waals surface area contributed by atoms with Gasteiger partial charge in [0.1, 0.15) is 0 Å². The molecule has 7 nitrogen and oxygen atoms in total. The van der Waals surface area contributed by atoms with E-state index in [0.717, 1.165) is 0 Å². The Labute approximate surface area is 169 Å². The summed E-state index contributed by atoms with van der Waals surface area (Å²) in [5, 5.41) is 2.96. The third-order valence-corrected chi connectivity index (χ3v) is 5.68. The van der Waals surface area contributed by atoms with Crippen LogP contribution in [0.15, 0.2) is 47.4 Å². The molecule has 0 heterocycles. The summed E-state index contributed by atoms with van der Waals surface area (Å²) in [4.78, 5) is 26.1. The zero-order valence-electron chi connectivity index (χ0n) is 16.0. The fourth-order valence-electron chi connectivity index (χ4n) is 2.37. The quantitative estimate of drug-likeness (QED) is 0.746. The summed E-state index contributed by atoms with van der Waals surface area (Å²) < 4.78 is 26.8. The molecule has 9 heteroatoms. The maximum Gasteiger partial charge on any atom is 0.255 e. The van der Waals surface area contributed by atoms with Gasteiger partial charge in [0.25, 0.3) is 11.8 Å². The second kappa shape index (κ2) is 8.72. The predicted molar refractivity (Wildman–Crippen MR) is 109 cm³/mol. The highest BCUT2D eigenvalue weighted by molar-refractivity contribution is 7.89. The number of benzene rings is 2. The van der Waals surface area contributed by atoms with E-state index in [1.165, 1.54) is 41.3 Å². The first-order chi connectivity index (χ1) is 13.0. The highest BCUT2D eigenvalue weighted by Crippen LogP contribution is 2.22. The van der Waals surface area contributed by atoms with Crippen molar-refractivity contribution in [1.29, 1.82) is 0 Å². The molecule has 0 atom stereocenters. The van der Waals surface area contributed by atoms with E-state index in [9.17, 15) is 18.0 Å². The van der Waals surface area contributed by atoms with Crippen LogP contribution >= 0.6 is 11.6 Å². The van der Waals surface area contributed by atoms with Crippen LogP contribution in [0.1, 0.15) is 34.6 Å². The van der Waals surface area contributed by atoms with Crippen LogP contribution in [0.4, 0.5) is 5.69 Å². The SMILES string of the molecule is CC(C)NS(=O)(=O)c1ccc(C(=O)Nc2ccc(Cl)c(C(=O)N(C)C)c2)cc1. The number of rotatable bonds is 6. The highest BCUT2D eigenvalue weighted by Gasteiger charge is 2.17. The van der Waals surface area contributed by atoms with E-state index in [1.807, 2.05) is 0 Å². The Morgan fingerprint density at radius 3 is 2.18 bits per heavy atom. The summed E-state index contributed by atoms with van der Waals surface area (Å²) >= 11 is 6.06. The monoisotopic (exact) mass is 423 g/mol. The molecule has 0 aromatic heterocycles. The van der Waals surface area contributed by atoms with Crippen molar-refractivity contribution in [2.75, 3.05) is 19.4 Å². The number of anilines is 1. The summed E-state index contributed by atoms with van der Waals surface area (Å²) in [6.45, 7) is 3.45. The molecule has 2 N–H and O–H groups in total. The molecule has 0 saturated heterocycles. The van der Waals surface area contributed by atoms with Gasteiger partial charge in [0, 0.05) is 31.4 Å². The highest BCUT2D eigenvalue weighted by atomic mass is 35.5. The third-order valence-electron chi connectivity index (χ3n) is 3.68. The van der Waals surface area contributed by atoms with Gasteiger partial charge in [0.15, 0.2) is 0 Å². The Morgan fingerprint density at radius 1 is 1.04 bits per heavy atom. The van der Waals surface area contributed by atoms with E-state index in [-0.39, 0.29) is 33.0 Å². The van der Waals surface area contributed by atoms with Crippen LogP contribution in [0.5, 0.6) is 0 Å². The number of halogens is 1. The summed E-state index contributed by atoms with van der Waals surface area (Å²) in [7, 11) is -0.418. The van der Waals surface area contributed by atoms with E-state index in [1.54, 1.807) is 34.0 Å². The lowest BCUT2D eigenvalue weighted by Crippen LogP contribution is -2.30. The first kappa shape index (κ1) is 21.9. The van der Waals surface area contributed by atoms with E-state index >= 15 is 0 Å². The van der Waals surface area contributed by atoms with Gasteiger partial charge >= 0.3 is 0 Å². The minimum Gasteiger partial charge on any atom is -0.345 e. The molecule has 2 rings (SSSR count). The predicted octanol–water partition coefficient (Wildman–Crippen LogP) is 2.98. The number of amides is 2. The van der Waals surface area contributed by atoms with Crippen molar-refractivity contribution in [2.24, 2.45) is 0 Å². The van der Waals surface area contributed by atoms with Crippen molar-refractivity contribution < 1.29 is 18.0 Å². The van der Waals surface area contributed by atoms with Crippen molar-refractivity contribution in [3.63, 3.8) is 0 Å². The smallest absolute Gasteiger partial charge is 0.255 e. The zero-order chi connectivity index (χ0) is 21.1. The van der Waals surface area contributed by atoms with Gasteiger partial charge in [-0.1, -0.05) is 11.6 Å². The molecule has 0 radical (unpaired) electrons. The van der Waals surface area contributed by atoms with Gasteiger partial charge in [0.2, 0.25) is 10.0 Å². The van der Waals surface area contributed by atoms with Crippen LogP contribution in [-0.4, -0.2) is 45.3 Å². The molecule has 2 aromatic rings. The standard InChI is InChI=1S/C19H22ClN3O4S/c1-12(2)22-28(26,27)15-8-5-13(6-9-15)18(24)21-14-7-10-17(20)16(11-14)19(25)23(3)4/h5-12,22H,1-4H3,(H,21,24). The van der Waals surface area contributed by atoms with Crippen LogP contribution in [0.2, 0.25) is 5.02 Å². The molecule has 0 aliphatic carbocycles. The molecule has 0 aliphatic rings. The topological polar surface area (TPSA) is 95.6 Å². The van der Waals surface area contributed by atoms with Gasteiger partial charge in [-0.3, -0.25) is 9.59 Å². The average molecular weight is 424 g/mol. The molecule has 0 saturated carbocycles. The van der Waals surface area contributed by atoms with Gasteiger partial charge in [-0.2, -0.15) is 0 Å². The number of carbonyl (C=O) groups is 2. The van der Waals surface area contributed by atoms with E-state index in [4.69, 9.17) is 11.6 Å². The molecule has 0 fully saturated rings. The van der Waals surface area contributed by atoms with Crippen LogP contribution in [0, 0.1) is 0 Å². The molecule has 0 spiro atoms. The first-order valence-electron chi connectivity index (χ1n) is 8.46. The Morgan fingerprint density at radius 2 is 1.64 bits per heavy atom. The van der Waals surface area contributed by atoms with Crippen LogP contribution in [0.25, 0.3) is 0 Å². The molecule has 28 heavy (non-hydrogen) atoms. The van der Waals surface area contributed by atoms with Gasteiger partial charge in [-0.25, -0.2) is 13.1 Å². The van der Waals surface area contributed by atoms with Crippen molar-refractivity contribution in [3.05, 3.63) is 58.6 Å². The van der Waals surface area contributed by atoms with Gasteiger partial charge in [0.05, 0.1) is 15.5 Å². The lowest BCUT2D eigenvalue weighted by atomic mass is 10.1. The number of hydrogen-bond acceptors (Lipinski definition) is 4. The fourth-order valence-corrected chi connectivity index (χ4v) is 3.82. The molecular formula is C19H22ClN3O4S. The lowest BCUT2D eigenvalue weighted by Gasteiger charge is -2.13. The van der Waals surface area contributed by atoms with Crippen molar-refractivity contribution in [1.82, 2.24) is 9.62 Å². The fraction of sp³-hybridized carbons (Fsp3) is 0.263. The van der Waals surface area contributed by atoms with E-state index in [0.29, 0.717) is 5.69 Å². The molecular weight excluding hydrogens is 402 g/mol. The maximum absolute atomic E-state index is 12.4. The molecule has 2 amide bonds. The van der Waals surface area contributed by atoms with Gasteiger partial charge in [-0.05, 0) is 56.3 Å². The number of nitrogens with one attached hydrogen (secondary N) is 2. The van der Waals surface area contributed by atoms with Crippen molar-refractivity contribution >= 4 is 39.1 Å². The second-order valence-electron chi connectivity index (χ2n) is 6.65.